The predicted octanol–water partition coefficient (Wildman–Crippen LogP) is 2.84. The zero-order valence-corrected chi connectivity index (χ0v) is 13.8. The van der Waals surface area contributed by atoms with Crippen LogP contribution in [0.25, 0.3) is 0 Å². The fourth-order valence-electron chi connectivity index (χ4n) is 2.25. The number of rotatable bonds is 10. The maximum atomic E-state index is 11.0. The molecule has 0 heterocycles. The van der Waals surface area contributed by atoms with Gasteiger partial charge < -0.3 is 19.9 Å². The number of carboxylic acids is 1. The summed E-state index contributed by atoms with van der Waals surface area (Å²) in [5, 5.41) is 12.3. The summed E-state index contributed by atoms with van der Waals surface area (Å²) in [5.41, 5.74) is 3.57. The van der Waals surface area contributed by atoms with Gasteiger partial charge >= 0.3 is 5.97 Å². The number of nitrogens with one attached hydrogen (secondary N) is 1. The molecule has 0 aliphatic rings. The second kappa shape index (κ2) is 9.82. The number of ether oxygens (including phenoxy) is 2. The molecule has 2 rings (SSSR count). The molecule has 5 nitrogen and oxygen atoms in total. The standard InChI is InChI=1S/C19H23NO4/c1-23-9-10-24-14-16-7-5-15(6-8-16)12-20-13-17-3-2-4-18(11-17)19(21)22/h2-8,11,20H,9-10,12-14H2,1H3,(H,21,22). The first-order valence-corrected chi connectivity index (χ1v) is 7.86. The largest absolute Gasteiger partial charge is 0.478 e. The fraction of sp³-hybridized carbons (Fsp3) is 0.316. The average Bonchev–Trinajstić information content (AvgIpc) is 2.60. The third-order valence-electron chi connectivity index (χ3n) is 3.56. The molecule has 0 atom stereocenters. The van der Waals surface area contributed by atoms with Crippen molar-refractivity contribution < 1.29 is 19.4 Å². The Kier molecular flexibility index (Phi) is 7.42. The van der Waals surface area contributed by atoms with Crippen LogP contribution in [0.2, 0.25) is 0 Å². The lowest BCUT2D eigenvalue weighted by molar-refractivity contribution is 0.0616. The SMILES string of the molecule is COCCOCc1ccc(CNCc2cccc(C(=O)O)c2)cc1. The van der Waals surface area contributed by atoms with Crippen molar-refractivity contribution in [3.05, 3.63) is 70.8 Å². The van der Waals surface area contributed by atoms with Gasteiger partial charge in [0.25, 0.3) is 0 Å². The molecule has 0 saturated carbocycles. The van der Waals surface area contributed by atoms with Crippen molar-refractivity contribution in [1.29, 1.82) is 0 Å². The molecule has 2 N–H and O–H groups in total. The molecule has 0 unspecified atom stereocenters. The van der Waals surface area contributed by atoms with E-state index in [9.17, 15) is 4.79 Å². The van der Waals surface area contributed by atoms with E-state index in [1.165, 1.54) is 5.56 Å². The van der Waals surface area contributed by atoms with Crippen molar-refractivity contribution in [2.24, 2.45) is 0 Å². The summed E-state index contributed by atoms with van der Waals surface area (Å²) in [6.45, 7) is 3.13. The van der Waals surface area contributed by atoms with Gasteiger partial charge in [0.1, 0.15) is 0 Å². The quantitative estimate of drug-likeness (QED) is 0.656. The summed E-state index contributed by atoms with van der Waals surface area (Å²) >= 11 is 0. The first-order chi connectivity index (χ1) is 11.7. The van der Waals surface area contributed by atoms with E-state index >= 15 is 0 Å². The molecule has 24 heavy (non-hydrogen) atoms. The van der Waals surface area contributed by atoms with Crippen molar-refractivity contribution in [3.63, 3.8) is 0 Å². The van der Waals surface area contributed by atoms with Gasteiger partial charge in [-0.1, -0.05) is 36.4 Å². The van der Waals surface area contributed by atoms with Crippen LogP contribution in [-0.2, 0) is 29.2 Å². The van der Waals surface area contributed by atoms with Crippen molar-refractivity contribution in [2.45, 2.75) is 19.7 Å². The molecule has 0 aromatic heterocycles. The number of aromatic carboxylic acids is 1. The molecule has 2 aromatic rings. The summed E-state index contributed by atoms with van der Waals surface area (Å²) in [6.07, 6.45) is 0. The summed E-state index contributed by atoms with van der Waals surface area (Å²) in [6, 6.07) is 15.2. The summed E-state index contributed by atoms with van der Waals surface area (Å²) in [4.78, 5) is 11.0. The molecule has 0 radical (unpaired) electrons. The summed E-state index contributed by atoms with van der Waals surface area (Å²) < 4.78 is 10.4. The number of carboxylic acid groups (broad SMARTS) is 1. The van der Waals surface area contributed by atoms with E-state index in [1.807, 2.05) is 6.07 Å². The number of hydrogen-bond acceptors (Lipinski definition) is 4. The van der Waals surface area contributed by atoms with Gasteiger partial charge in [-0.25, -0.2) is 4.79 Å². The van der Waals surface area contributed by atoms with Crippen LogP contribution in [0.3, 0.4) is 0 Å². The average molecular weight is 329 g/mol. The lowest BCUT2D eigenvalue weighted by atomic mass is 10.1. The number of carbonyl (C=O) groups is 1. The third-order valence-corrected chi connectivity index (χ3v) is 3.56. The maximum Gasteiger partial charge on any atom is 0.335 e. The molecule has 0 spiro atoms. The first kappa shape index (κ1) is 18.1. The second-order valence-corrected chi connectivity index (χ2v) is 5.47. The van der Waals surface area contributed by atoms with Crippen molar-refractivity contribution in [3.8, 4) is 0 Å². The Morgan fingerprint density at radius 1 is 1.00 bits per heavy atom. The van der Waals surface area contributed by atoms with Gasteiger partial charge in [0, 0.05) is 20.2 Å². The Labute approximate surface area is 142 Å². The minimum absolute atomic E-state index is 0.312. The molecule has 0 amide bonds. The Balaban J connectivity index is 1.76. The van der Waals surface area contributed by atoms with Crippen LogP contribution in [0.1, 0.15) is 27.0 Å². The molecular weight excluding hydrogens is 306 g/mol. The molecule has 0 aliphatic carbocycles. The fourth-order valence-corrected chi connectivity index (χ4v) is 2.25. The zero-order chi connectivity index (χ0) is 17.2. The van der Waals surface area contributed by atoms with Crippen molar-refractivity contribution >= 4 is 5.97 Å². The normalized spacial score (nSPS) is 10.7. The molecule has 5 heteroatoms. The number of methoxy groups -OCH3 is 1. The molecule has 128 valence electrons. The molecule has 0 bridgehead atoms. The lowest BCUT2D eigenvalue weighted by Crippen LogP contribution is -2.13. The Morgan fingerprint density at radius 3 is 2.42 bits per heavy atom. The van der Waals surface area contributed by atoms with Crippen LogP contribution in [0.15, 0.2) is 48.5 Å². The number of hydrogen-bond donors (Lipinski definition) is 2. The van der Waals surface area contributed by atoms with Gasteiger partial charge in [-0.15, -0.1) is 0 Å². The smallest absolute Gasteiger partial charge is 0.335 e. The van der Waals surface area contributed by atoms with E-state index in [4.69, 9.17) is 14.6 Å². The molecule has 0 fully saturated rings. The van der Waals surface area contributed by atoms with Gasteiger partial charge in [0.2, 0.25) is 0 Å². The van der Waals surface area contributed by atoms with E-state index in [1.54, 1.807) is 25.3 Å². The van der Waals surface area contributed by atoms with Crippen molar-refractivity contribution in [1.82, 2.24) is 5.32 Å². The van der Waals surface area contributed by atoms with E-state index in [0.717, 1.165) is 17.7 Å². The third kappa shape index (κ3) is 6.12. The Morgan fingerprint density at radius 2 is 1.71 bits per heavy atom. The van der Waals surface area contributed by atoms with Crippen LogP contribution in [-0.4, -0.2) is 31.4 Å². The lowest BCUT2D eigenvalue weighted by Gasteiger charge is -2.08. The minimum atomic E-state index is -0.903. The highest BCUT2D eigenvalue weighted by Crippen LogP contribution is 2.08. The van der Waals surface area contributed by atoms with E-state index in [-0.39, 0.29) is 0 Å². The van der Waals surface area contributed by atoms with Crippen LogP contribution < -0.4 is 5.32 Å². The second-order valence-electron chi connectivity index (χ2n) is 5.47. The van der Waals surface area contributed by atoms with Crippen LogP contribution in [0.4, 0.5) is 0 Å². The molecule has 0 aliphatic heterocycles. The van der Waals surface area contributed by atoms with Gasteiger partial charge in [-0.05, 0) is 28.8 Å². The van der Waals surface area contributed by atoms with Gasteiger partial charge in [-0.3, -0.25) is 0 Å². The van der Waals surface area contributed by atoms with E-state index < -0.39 is 5.97 Å². The highest BCUT2D eigenvalue weighted by atomic mass is 16.5. The minimum Gasteiger partial charge on any atom is -0.478 e. The number of benzene rings is 2. The highest BCUT2D eigenvalue weighted by molar-refractivity contribution is 5.87. The van der Waals surface area contributed by atoms with Crippen LogP contribution in [0, 0.1) is 0 Å². The maximum absolute atomic E-state index is 11.0. The molecular formula is C19H23NO4. The Hall–Kier alpha value is -2.21. The van der Waals surface area contributed by atoms with Gasteiger partial charge in [0.05, 0.1) is 25.4 Å². The van der Waals surface area contributed by atoms with E-state index in [0.29, 0.717) is 31.9 Å². The van der Waals surface area contributed by atoms with E-state index in [2.05, 4.69) is 29.6 Å². The summed E-state index contributed by atoms with van der Waals surface area (Å²) in [5.74, 6) is -0.903. The van der Waals surface area contributed by atoms with Gasteiger partial charge in [0.15, 0.2) is 0 Å². The van der Waals surface area contributed by atoms with Crippen LogP contribution >= 0.6 is 0 Å². The van der Waals surface area contributed by atoms with Crippen molar-refractivity contribution in [2.75, 3.05) is 20.3 Å². The highest BCUT2D eigenvalue weighted by Gasteiger charge is 2.03. The van der Waals surface area contributed by atoms with Crippen LogP contribution in [0.5, 0.6) is 0 Å². The Bertz CT molecular complexity index is 640. The first-order valence-electron chi connectivity index (χ1n) is 7.86. The molecule has 2 aromatic carbocycles. The topological polar surface area (TPSA) is 67.8 Å². The predicted molar refractivity (Wildman–Crippen MR) is 91.9 cm³/mol. The summed E-state index contributed by atoms with van der Waals surface area (Å²) in [7, 11) is 1.66. The van der Waals surface area contributed by atoms with Gasteiger partial charge in [-0.2, -0.15) is 0 Å². The monoisotopic (exact) mass is 329 g/mol. The molecule has 0 saturated heterocycles. The zero-order valence-electron chi connectivity index (χ0n) is 13.8.